The van der Waals surface area contributed by atoms with E-state index in [1.807, 2.05) is 16.3 Å². The zero-order valence-corrected chi connectivity index (χ0v) is 12.1. The maximum atomic E-state index is 12.2. The minimum absolute atomic E-state index is 0.166. The van der Waals surface area contributed by atoms with Crippen molar-refractivity contribution in [3.63, 3.8) is 0 Å². The number of thiophene rings is 1. The van der Waals surface area contributed by atoms with E-state index in [0.29, 0.717) is 6.04 Å². The van der Waals surface area contributed by atoms with Gasteiger partial charge in [0.15, 0.2) is 0 Å². The summed E-state index contributed by atoms with van der Waals surface area (Å²) in [5.41, 5.74) is 0. The van der Waals surface area contributed by atoms with E-state index in [0.717, 1.165) is 34.1 Å². The summed E-state index contributed by atoms with van der Waals surface area (Å²) in [6.07, 6.45) is 2.23. The van der Waals surface area contributed by atoms with Crippen molar-refractivity contribution in [3.05, 3.63) is 20.8 Å². The fourth-order valence-corrected chi connectivity index (χ4v) is 4.01. The molecule has 1 aliphatic heterocycles. The van der Waals surface area contributed by atoms with Gasteiger partial charge in [0, 0.05) is 22.4 Å². The van der Waals surface area contributed by atoms with Crippen LogP contribution in [-0.2, 0) is 0 Å². The lowest BCUT2D eigenvalue weighted by Gasteiger charge is -2.22. The van der Waals surface area contributed by atoms with Gasteiger partial charge in [0.1, 0.15) is 4.88 Å². The summed E-state index contributed by atoms with van der Waals surface area (Å²) in [6, 6.07) is 2.29. The van der Waals surface area contributed by atoms with E-state index in [9.17, 15) is 4.79 Å². The smallest absolute Gasteiger partial charge is 0.265 e. The molecule has 82 valence electrons. The van der Waals surface area contributed by atoms with Gasteiger partial charge in [-0.15, -0.1) is 11.3 Å². The minimum atomic E-state index is 0.166. The highest BCUT2D eigenvalue weighted by Crippen LogP contribution is 2.28. The molecule has 0 aromatic carbocycles. The van der Waals surface area contributed by atoms with Crippen LogP contribution in [0.3, 0.4) is 0 Å². The molecule has 5 heteroatoms. The standard InChI is InChI=1S/C10H11Br2NOS/c11-6-7-2-1-4-13(7)10(14)9-8(12)3-5-15-9/h3,5,7H,1-2,4,6H2. The van der Waals surface area contributed by atoms with Crippen molar-refractivity contribution in [1.29, 1.82) is 0 Å². The van der Waals surface area contributed by atoms with Crippen molar-refractivity contribution in [3.8, 4) is 0 Å². The molecule has 0 aliphatic carbocycles. The number of amides is 1. The van der Waals surface area contributed by atoms with E-state index < -0.39 is 0 Å². The van der Waals surface area contributed by atoms with Gasteiger partial charge in [-0.1, -0.05) is 15.9 Å². The Morgan fingerprint density at radius 2 is 2.47 bits per heavy atom. The highest BCUT2D eigenvalue weighted by Gasteiger charge is 2.29. The molecular weight excluding hydrogens is 342 g/mol. The molecule has 2 nitrogen and oxygen atoms in total. The Bertz CT molecular complexity index is 366. The van der Waals surface area contributed by atoms with Crippen molar-refractivity contribution < 1.29 is 4.79 Å². The molecular formula is C10H11Br2NOS. The second-order valence-electron chi connectivity index (χ2n) is 3.55. The number of carbonyl (C=O) groups is 1. The molecule has 15 heavy (non-hydrogen) atoms. The first-order valence-electron chi connectivity index (χ1n) is 4.84. The van der Waals surface area contributed by atoms with Crippen LogP contribution in [0.1, 0.15) is 22.5 Å². The second kappa shape index (κ2) is 4.97. The van der Waals surface area contributed by atoms with Crippen LogP contribution in [-0.4, -0.2) is 28.7 Å². The lowest BCUT2D eigenvalue weighted by molar-refractivity contribution is 0.0754. The van der Waals surface area contributed by atoms with Crippen molar-refractivity contribution in [2.75, 3.05) is 11.9 Å². The van der Waals surface area contributed by atoms with Gasteiger partial charge in [-0.25, -0.2) is 0 Å². The zero-order chi connectivity index (χ0) is 10.8. The van der Waals surface area contributed by atoms with Crippen molar-refractivity contribution >= 4 is 49.1 Å². The fourth-order valence-electron chi connectivity index (χ4n) is 1.84. The molecule has 1 amide bonds. The van der Waals surface area contributed by atoms with Crippen LogP contribution in [0, 0.1) is 0 Å². The van der Waals surface area contributed by atoms with E-state index in [-0.39, 0.29) is 5.91 Å². The first-order valence-corrected chi connectivity index (χ1v) is 7.63. The summed E-state index contributed by atoms with van der Waals surface area (Å²) in [5, 5.41) is 2.82. The molecule has 0 bridgehead atoms. The highest BCUT2D eigenvalue weighted by atomic mass is 79.9. The molecule has 0 N–H and O–H groups in total. The Labute approximate surface area is 110 Å². The quantitative estimate of drug-likeness (QED) is 0.746. The average Bonchev–Trinajstić information content (AvgIpc) is 2.84. The average molecular weight is 353 g/mol. The van der Waals surface area contributed by atoms with Crippen LogP contribution < -0.4 is 0 Å². The zero-order valence-electron chi connectivity index (χ0n) is 8.08. The largest absolute Gasteiger partial charge is 0.334 e. The molecule has 2 heterocycles. The topological polar surface area (TPSA) is 20.3 Å². The summed E-state index contributed by atoms with van der Waals surface area (Å²) >= 11 is 8.38. The van der Waals surface area contributed by atoms with E-state index in [4.69, 9.17) is 0 Å². The molecule has 1 unspecified atom stereocenters. The maximum Gasteiger partial charge on any atom is 0.265 e. The molecule has 1 saturated heterocycles. The second-order valence-corrected chi connectivity index (χ2v) is 5.96. The molecule has 0 radical (unpaired) electrons. The number of hydrogen-bond donors (Lipinski definition) is 0. The van der Waals surface area contributed by atoms with Gasteiger partial charge in [0.05, 0.1) is 0 Å². The first-order chi connectivity index (χ1) is 7.24. The Kier molecular flexibility index (Phi) is 3.85. The van der Waals surface area contributed by atoms with Gasteiger partial charge in [-0.3, -0.25) is 4.79 Å². The van der Waals surface area contributed by atoms with Crippen LogP contribution in [0.4, 0.5) is 0 Å². The number of alkyl halides is 1. The number of carbonyl (C=O) groups excluding carboxylic acids is 1. The fraction of sp³-hybridized carbons (Fsp3) is 0.500. The van der Waals surface area contributed by atoms with Gasteiger partial charge in [-0.2, -0.15) is 0 Å². The summed E-state index contributed by atoms with van der Waals surface area (Å²) < 4.78 is 0.915. The number of nitrogens with zero attached hydrogens (tertiary/aromatic N) is 1. The third-order valence-electron chi connectivity index (χ3n) is 2.63. The highest BCUT2D eigenvalue weighted by molar-refractivity contribution is 9.10. The van der Waals surface area contributed by atoms with Gasteiger partial charge >= 0.3 is 0 Å². The molecule has 1 aromatic heterocycles. The van der Waals surface area contributed by atoms with E-state index in [1.165, 1.54) is 11.3 Å². The Morgan fingerprint density at radius 3 is 3.07 bits per heavy atom. The number of halogens is 2. The van der Waals surface area contributed by atoms with Gasteiger partial charge in [0.2, 0.25) is 0 Å². The summed E-state index contributed by atoms with van der Waals surface area (Å²) in [6.45, 7) is 0.888. The van der Waals surface area contributed by atoms with Crippen LogP contribution in [0.15, 0.2) is 15.9 Å². The van der Waals surface area contributed by atoms with Crippen molar-refractivity contribution in [2.45, 2.75) is 18.9 Å². The predicted molar refractivity (Wildman–Crippen MR) is 69.9 cm³/mol. The molecule has 2 rings (SSSR count). The number of rotatable bonds is 2. The Balaban J connectivity index is 2.18. The SMILES string of the molecule is O=C(c1sccc1Br)N1CCCC1CBr. The van der Waals surface area contributed by atoms with Crippen LogP contribution in [0.25, 0.3) is 0 Å². The maximum absolute atomic E-state index is 12.2. The molecule has 1 fully saturated rings. The molecule has 1 atom stereocenters. The van der Waals surface area contributed by atoms with Gasteiger partial charge in [-0.05, 0) is 40.2 Å². The lowest BCUT2D eigenvalue weighted by Crippen LogP contribution is -2.36. The molecule has 0 spiro atoms. The van der Waals surface area contributed by atoms with E-state index >= 15 is 0 Å². The van der Waals surface area contributed by atoms with Crippen LogP contribution in [0.5, 0.6) is 0 Å². The minimum Gasteiger partial charge on any atom is -0.334 e. The summed E-state index contributed by atoms with van der Waals surface area (Å²) in [5.74, 6) is 0.166. The van der Waals surface area contributed by atoms with E-state index in [1.54, 1.807) is 0 Å². The molecule has 1 aliphatic rings. The monoisotopic (exact) mass is 351 g/mol. The third-order valence-corrected chi connectivity index (χ3v) is 5.20. The normalized spacial score (nSPS) is 20.9. The van der Waals surface area contributed by atoms with Gasteiger partial charge in [0.25, 0.3) is 5.91 Å². The first kappa shape index (κ1) is 11.6. The summed E-state index contributed by atoms with van der Waals surface area (Å²) in [4.78, 5) is 15.0. The third kappa shape index (κ3) is 2.29. The molecule has 1 aromatic rings. The summed E-state index contributed by atoms with van der Waals surface area (Å²) in [7, 11) is 0. The van der Waals surface area contributed by atoms with Crippen LogP contribution in [0.2, 0.25) is 0 Å². The van der Waals surface area contributed by atoms with Crippen molar-refractivity contribution in [1.82, 2.24) is 4.90 Å². The Hall–Kier alpha value is 0.130. The Morgan fingerprint density at radius 1 is 1.67 bits per heavy atom. The van der Waals surface area contributed by atoms with Crippen molar-refractivity contribution in [2.24, 2.45) is 0 Å². The van der Waals surface area contributed by atoms with E-state index in [2.05, 4.69) is 31.9 Å². The number of hydrogen-bond acceptors (Lipinski definition) is 2. The number of likely N-dealkylation sites (tertiary alicyclic amines) is 1. The van der Waals surface area contributed by atoms with Gasteiger partial charge < -0.3 is 4.90 Å². The lowest BCUT2D eigenvalue weighted by atomic mass is 10.2. The molecule has 0 saturated carbocycles. The van der Waals surface area contributed by atoms with Crippen LogP contribution >= 0.6 is 43.2 Å². The predicted octanol–water partition coefficient (Wildman–Crippen LogP) is 3.51.